The van der Waals surface area contributed by atoms with Crippen LogP contribution in [0.2, 0.25) is 0 Å². The van der Waals surface area contributed by atoms with Crippen molar-refractivity contribution in [2.75, 3.05) is 12.3 Å². The van der Waals surface area contributed by atoms with E-state index in [4.69, 9.17) is 4.42 Å². The first kappa shape index (κ1) is 19.6. The first-order valence-corrected chi connectivity index (χ1v) is 11.2. The number of nitrogens with zero attached hydrogens (tertiary/aromatic N) is 4. The largest absolute Gasteiger partial charge is 0.418 e. The van der Waals surface area contributed by atoms with Gasteiger partial charge >= 0.3 is 0 Å². The molecule has 0 aliphatic heterocycles. The highest BCUT2D eigenvalue weighted by Gasteiger charge is 2.18. The lowest BCUT2D eigenvalue weighted by Gasteiger charge is -2.20. The first-order chi connectivity index (χ1) is 14.2. The van der Waals surface area contributed by atoms with Crippen molar-refractivity contribution in [3.63, 3.8) is 0 Å². The minimum absolute atomic E-state index is 0.0303. The maximum absolute atomic E-state index is 12.8. The van der Waals surface area contributed by atoms with E-state index in [1.54, 1.807) is 16.2 Å². The van der Waals surface area contributed by atoms with Crippen LogP contribution in [0.15, 0.2) is 63.4 Å². The molecule has 0 aliphatic rings. The number of pyridine rings is 1. The number of thiophene rings is 1. The maximum Gasteiger partial charge on any atom is 0.257 e. The molecule has 1 amide bonds. The van der Waals surface area contributed by atoms with Crippen LogP contribution in [0.1, 0.15) is 19.2 Å². The Hall–Kier alpha value is -2.71. The summed E-state index contributed by atoms with van der Waals surface area (Å²) in [5.41, 5.74) is 0.933. The van der Waals surface area contributed by atoms with Crippen LogP contribution in [-0.4, -0.2) is 38.3 Å². The zero-order valence-corrected chi connectivity index (χ0v) is 17.6. The fourth-order valence-corrected chi connectivity index (χ4v) is 4.32. The van der Waals surface area contributed by atoms with Crippen LogP contribution in [0.25, 0.3) is 21.7 Å². The summed E-state index contributed by atoms with van der Waals surface area (Å²) in [6, 6.07) is 15.8. The second-order valence-corrected chi connectivity index (χ2v) is 8.37. The van der Waals surface area contributed by atoms with Crippen molar-refractivity contribution in [2.24, 2.45) is 0 Å². The molecule has 4 rings (SSSR count). The van der Waals surface area contributed by atoms with Crippen LogP contribution in [0.3, 0.4) is 0 Å². The highest BCUT2D eigenvalue weighted by Crippen LogP contribution is 2.24. The van der Waals surface area contributed by atoms with E-state index in [9.17, 15) is 4.79 Å². The quantitative estimate of drug-likeness (QED) is 0.376. The molecule has 0 bridgehead atoms. The molecule has 8 heteroatoms. The Bertz CT molecular complexity index is 1090. The second kappa shape index (κ2) is 9.19. The summed E-state index contributed by atoms with van der Waals surface area (Å²) in [4.78, 5) is 20.1. The van der Waals surface area contributed by atoms with E-state index in [-0.39, 0.29) is 5.91 Å². The average Bonchev–Trinajstić information content (AvgIpc) is 3.43. The second-order valence-electron chi connectivity index (χ2n) is 6.42. The van der Waals surface area contributed by atoms with E-state index in [0.717, 1.165) is 27.2 Å². The number of carbonyl (C=O) groups excluding carboxylic acids is 1. The lowest BCUT2D eigenvalue weighted by molar-refractivity contribution is -0.129. The highest BCUT2D eigenvalue weighted by atomic mass is 32.2. The van der Waals surface area contributed by atoms with E-state index in [1.807, 2.05) is 60.8 Å². The number of benzene rings is 1. The van der Waals surface area contributed by atoms with Gasteiger partial charge in [0.25, 0.3) is 5.89 Å². The van der Waals surface area contributed by atoms with Crippen molar-refractivity contribution in [1.82, 2.24) is 20.1 Å². The van der Waals surface area contributed by atoms with Gasteiger partial charge in [-0.05, 0) is 30.0 Å². The third-order valence-electron chi connectivity index (χ3n) is 4.29. The molecule has 148 valence electrons. The Kier molecular flexibility index (Phi) is 6.21. The normalized spacial score (nSPS) is 11.1. The number of hydrogen-bond acceptors (Lipinski definition) is 7. The standard InChI is InChI=1S/C21H20N4O2S2/c1-2-11-25(13-18-23-24-21(27-18)17-8-5-12-28-17)20(26)14-29-19-10-9-15-6-3-4-7-16(15)22-19/h3-10,12H,2,11,13-14H2,1H3. The molecular weight excluding hydrogens is 404 g/mol. The molecule has 0 unspecified atom stereocenters. The van der Waals surface area contributed by atoms with Crippen molar-refractivity contribution in [1.29, 1.82) is 0 Å². The molecule has 0 aliphatic carbocycles. The van der Waals surface area contributed by atoms with Crippen molar-refractivity contribution >= 4 is 39.9 Å². The van der Waals surface area contributed by atoms with Crippen molar-refractivity contribution in [2.45, 2.75) is 24.9 Å². The van der Waals surface area contributed by atoms with Gasteiger partial charge in [0.05, 0.1) is 27.7 Å². The third-order valence-corrected chi connectivity index (χ3v) is 6.06. The Morgan fingerprint density at radius 3 is 2.86 bits per heavy atom. The molecular formula is C21H20N4O2S2. The van der Waals surface area contributed by atoms with Crippen molar-refractivity contribution in [3.05, 3.63) is 59.8 Å². The monoisotopic (exact) mass is 424 g/mol. The Labute approximate surface area is 177 Å². The first-order valence-electron chi connectivity index (χ1n) is 9.35. The lowest BCUT2D eigenvalue weighted by atomic mass is 10.2. The van der Waals surface area contributed by atoms with Gasteiger partial charge in [-0.3, -0.25) is 4.79 Å². The predicted molar refractivity (Wildman–Crippen MR) is 116 cm³/mol. The number of thioether (sulfide) groups is 1. The van der Waals surface area contributed by atoms with Gasteiger partial charge in [-0.2, -0.15) is 0 Å². The number of aromatic nitrogens is 3. The predicted octanol–water partition coefficient (Wildman–Crippen LogP) is 4.88. The van der Waals surface area contributed by atoms with Crippen LogP contribution in [0.4, 0.5) is 0 Å². The molecule has 0 saturated heterocycles. The Morgan fingerprint density at radius 1 is 1.14 bits per heavy atom. The summed E-state index contributed by atoms with van der Waals surface area (Å²) in [7, 11) is 0. The average molecular weight is 425 g/mol. The van der Waals surface area contributed by atoms with Crippen LogP contribution in [-0.2, 0) is 11.3 Å². The van der Waals surface area contributed by atoms with Gasteiger partial charge in [0.15, 0.2) is 0 Å². The number of rotatable bonds is 8. The van der Waals surface area contributed by atoms with Crippen LogP contribution in [0, 0.1) is 0 Å². The molecule has 0 atom stereocenters. The van der Waals surface area contributed by atoms with E-state index in [0.29, 0.717) is 30.6 Å². The van der Waals surface area contributed by atoms with Crippen molar-refractivity contribution in [3.8, 4) is 10.8 Å². The zero-order valence-electron chi connectivity index (χ0n) is 15.9. The summed E-state index contributed by atoms with van der Waals surface area (Å²) in [6.07, 6.45) is 0.858. The van der Waals surface area contributed by atoms with Crippen LogP contribution in [0.5, 0.6) is 0 Å². The summed E-state index contributed by atoms with van der Waals surface area (Å²) in [6.45, 7) is 3.00. The molecule has 0 N–H and O–H groups in total. The van der Waals surface area contributed by atoms with Gasteiger partial charge < -0.3 is 9.32 Å². The van der Waals surface area contributed by atoms with Gasteiger partial charge in [0, 0.05) is 11.9 Å². The zero-order chi connectivity index (χ0) is 20.1. The van der Waals surface area contributed by atoms with Crippen LogP contribution < -0.4 is 0 Å². The third kappa shape index (κ3) is 4.83. The molecule has 1 aromatic carbocycles. The van der Waals surface area contributed by atoms with Gasteiger partial charge in [0.1, 0.15) is 0 Å². The minimum atomic E-state index is 0.0303. The Morgan fingerprint density at radius 2 is 2.03 bits per heavy atom. The SMILES string of the molecule is CCCN(Cc1nnc(-c2cccs2)o1)C(=O)CSc1ccc2ccccc2n1. The van der Waals surface area contributed by atoms with Gasteiger partial charge in [-0.15, -0.1) is 21.5 Å². The highest BCUT2D eigenvalue weighted by molar-refractivity contribution is 7.99. The maximum atomic E-state index is 12.8. The van der Waals surface area contributed by atoms with Gasteiger partial charge in [-0.1, -0.05) is 49.0 Å². The molecule has 0 fully saturated rings. The summed E-state index contributed by atoms with van der Waals surface area (Å²) in [5.74, 6) is 1.29. The number of hydrogen-bond donors (Lipinski definition) is 0. The molecule has 0 spiro atoms. The molecule has 3 heterocycles. The summed E-state index contributed by atoms with van der Waals surface area (Å²) >= 11 is 2.99. The number of fused-ring (bicyclic) bond motifs is 1. The molecule has 4 aromatic rings. The molecule has 29 heavy (non-hydrogen) atoms. The lowest BCUT2D eigenvalue weighted by Crippen LogP contribution is -2.32. The summed E-state index contributed by atoms with van der Waals surface area (Å²) in [5, 5.41) is 12.1. The molecule has 0 radical (unpaired) electrons. The molecule has 3 aromatic heterocycles. The van der Waals surface area contributed by atoms with E-state index in [1.165, 1.54) is 11.8 Å². The topological polar surface area (TPSA) is 72.1 Å². The van der Waals surface area contributed by atoms with Crippen LogP contribution >= 0.6 is 23.1 Å². The Balaban J connectivity index is 1.40. The van der Waals surface area contributed by atoms with Crippen molar-refractivity contribution < 1.29 is 9.21 Å². The van der Waals surface area contributed by atoms with Gasteiger partial charge in [-0.25, -0.2) is 4.98 Å². The fourth-order valence-electron chi connectivity index (χ4n) is 2.90. The fraction of sp³-hybridized carbons (Fsp3) is 0.238. The van der Waals surface area contributed by atoms with E-state index < -0.39 is 0 Å². The minimum Gasteiger partial charge on any atom is -0.418 e. The smallest absolute Gasteiger partial charge is 0.257 e. The number of para-hydroxylation sites is 1. The number of amides is 1. The molecule has 6 nitrogen and oxygen atoms in total. The summed E-state index contributed by atoms with van der Waals surface area (Å²) < 4.78 is 5.74. The van der Waals surface area contributed by atoms with E-state index >= 15 is 0 Å². The number of carbonyl (C=O) groups is 1. The molecule has 0 saturated carbocycles. The van der Waals surface area contributed by atoms with E-state index in [2.05, 4.69) is 15.2 Å². The van der Waals surface area contributed by atoms with Gasteiger partial charge in [0.2, 0.25) is 11.8 Å².